The first-order valence-corrected chi connectivity index (χ1v) is 6.84. The lowest BCUT2D eigenvalue weighted by atomic mass is 10.3. The van der Waals surface area contributed by atoms with Crippen LogP contribution >= 0.6 is 11.8 Å². The molecule has 0 bridgehead atoms. The lowest BCUT2D eigenvalue weighted by molar-refractivity contribution is 0.888. The van der Waals surface area contributed by atoms with E-state index in [2.05, 4.69) is 25.3 Å². The van der Waals surface area contributed by atoms with Crippen molar-refractivity contribution in [1.82, 2.24) is 19.9 Å². The number of aromatic nitrogens is 4. The second-order valence-corrected chi connectivity index (χ2v) is 5.29. The Balaban J connectivity index is 2.40. The molecule has 0 fully saturated rings. The zero-order valence-electron chi connectivity index (χ0n) is 11.8. The molecule has 0 amide bonds. The Bertz CT molecular complexity index is 592. The summed E-state index contributed by atoms with van der Waals surface area (Å²) in [5.41, 5.74) is 2.94. The Morgan fingerprint density at radius 1 is 0.947 bits per heavy atom. The molecule has 6 heteroatoms. The van der Waals surface area contributed by atoms with Crippen LogP contribution in [0.1, 0.15) is 22.8 Å². The highest BCUT2D eigenvalue weighted by atomic mass is 32.2. The van der Waals surface area contributed by atoms with Gasteiger partial charge in [-0.25, -0.2) is 19.9 Å². The van der Waals surface area contributed by atoms with Gasteiger partial charge in [0.05, 0.1) is 0 Å². The topological polar surface area (TPSA) is 63.6 Å². The van der Waals surface area contributed by atoms with Crippen molar-refractivity contribution in [1.29, 1.82) is 0 Å². The first kappa shape index (κ1) is 13.7. The van der Waals surface area contributed by atoms with Gasteiger partial charge in [0, 0.05) is 24.0 Å². The Hall–Kier alpha value is -1.69. The second-order valence-electron chi connectivity index (χ2n) is 4.33. The van der Waals surface area contributed by atoms with Gasteiger partial charge >= 0.3 is 0 Å². The van der Waals surface area contributed by atoms with E-state index in [1.54, 1.807) is 0 Å². The van der Waals surface area contributed by atoms with Gasteiger partial charge in [0.15, 0.2) is 5.16 Å². The van der Waals surface area contributed by atoms with E-state index in [0.717, 1.165) is 38.8 Å². The van der Waals surface area contributed by atoms with Gasteiger partial charge in [-0.15, -0.1) is 0 Å². The number of nitrogens with zero attached hydrogens (tertiary/aromatic N) is 4. The van der Waals surface area contributed by atoms with Crippen LogP contribution in [0.2, 0.25) is 0 Å². The minimum atomic E-state index is 0.723. The Morgan fingerprint density at radius 3 is 2.16 bits per heavy atom. The highest BCUT2D eigenvalue weighted by Crippen LogP contribution is 2.29. The van der Waals surface area contributed by atoms with Gasteiger partial charge in [0.1, 0.15) is 16.7 Å². The van der Waals surface area contributed by atoms with Crippen LogP contribution < -0.4 is 5.32 Å². The molecule has 0 unspecified atom stereocenters. The van der Waals surface area contributed by atoms with Gasteiger partial charge in [-0.1, -0.05) is 0 Å². The minimum Gasteiger partial charge on any atom is -0.373 e. The second kappa shape index (κ2) is 5.52. The van der Waals surface area contributed by atoms with Crippen LogP contribution in [0.5, 0.6) is 0 Å². The van der Waals surface area contributed by atoms with Crippen molar-refractivity contribution >= 4 is 17.6 Å². The largest absolute Gasteiger partial charge is 0.373 e. The smallest absolute Gasteiger partial charge is 0.194 e. The summed E-state index contributed by atoms with van der Waals surface area (Å²) < 4.78 is 0. The highest BCUT2D eigenvalue weighted by molar-refractivity contribution is 7.99. The van der Waals surface area contributed by atoms with E-state index in [4.69, 9.17) is 0 Å². The van der Waals surface area contributed by atoms with Crippen molar-refractivity contribution in [2.24, 2.45) is 0 Å². The van der Waals surface area contributed by atoms with Gasteiger partial charge in [-0.05, 0) is 45.5 Å². The van der Waals surface area contributed by atoms with Crippen LogP contribution in [-0.4, -0.2) is 27.0 Å². The molecule has 2 aromatic heterocycles. The third-order valence-electron chi connectivity index (χ3n) is 2.60. The van der Waals surface area contributed by atoms with Gasteiger partial charge in [-0.3, -0.25) is 0 Å². The molecular weight excluding hydrogens is 258 g/mol. The predicted molar refractivity (Wildman–Crippen MR) is 76.7 cm³/mol. The van der Waals surface area contributed by atoms with Crippen molar-refractivity contribution in [2.45, 2.75) is 37.9 Å². The van der Waals surface area contributed by atoms with E-state index in [9.17, 15) is 0 Å². The van der Waals surface area contributed by atoms with E-state index in [-0.39, 0.29) is 0 Å². The standard InChI is InChI=1S/C13H17N5S/c1-7-6-8(2)16-13(15-7)19-12-9(3)11(14-5)17-10(4)18-12/h6H,1-5H3,(H,14,17,18). The van der Waals surface area contributed by atoms with E-state index in [1.165, 1.54) is 11.8 Å². The summed E-state index contributed by atoms with van der Waals surface area (Å²) in [6, 6.07) is 1.96. The molecular formula is C13H17N5S. The molecule has 0 aliphatic rings. The third-order valence-corrected chi connectivity index (χ3v) is 3.56. The fraction of sp³-hybridized carbons (Fsp3) is 0.385. The molecule has 0 saturated carbocycles. The Kier molecular flexibility index (Phi) is 3.99. The molecule has 5 nitrogen and oxygen atoms in total. The maximum Gasteiger partial charge on any atom is 0.194 e. The fourth-order valence-corrected chi connectivity index (χ4v) is 2.75. The molecule has 0 atom stereocenters. The molecule has 0 aromatic carbocycles. The maximum atomic E-state index is 4.47. The molecule has 2 rings (SSSR count). The van der Waals surface area contributed by atoms with Gasteiger partial charge < -0.3 is 5.32 Å². The molecule has 2 heterocycles. The number of hydrogen-bond donors (Lipinski definition) is 1. The van der Waals surface area contributed by atoms with Gasteiger partial charge in [0.2, 0.25) is 0 Å². The summed E-state index contributed by atoms with van der Waals surface area (Å²) in [7, 11) is 1.86. The van der Waals surface area contributed by atoms with Gasteiger partial charge in [-0.2, -0.15) is 0 Å². The molecule has 100 valence electrons. The monoisotopic (exact) mass is 275 g/mol. The highest BCUT2D eigenvalue weighted by Gasteiger charge is 2.11. The van der Waals surface area contributed by atoms with E-state index in [1.807, 2.05) is 40.8 Å². The molecule has 0 aliphatic carbocycles. The minimum absolute atomic E-state index is 0.723. The van der Waals surface area contributed by atoms with Crippen LogP contribution in [0.4, 0.5) is 5.82 Å². The summed E-state index contributed by atoms with van der Waals surface area (Å²) >= 11 is 1.47. The maximum absolute atomic E-state index is 4.47. The summed E-state index contributed by atoms with van der Waals surface area (Å²) in [5, 5.41) is 4.69. The zero-order valence-corrected chi connectivity index (χ0v) is 12.6. The summed E-state index contributed by atoms with van der Waals surface area (Å²) in [6.07, 6.45) is 0. The quantitative estimate of drug-likeness (QED) is 0.686. The lowest BCUT2D eigenvalue weighted by Gasteiger charge is -2.10. The molecule has 0 saturated heterocycles. The normalized spacial score (nSPS) is 10.6. The van der Waals surface area contributed by atoms with Crippen LogP contribution in [0.15, 0.2) is 16.2 Å². The molecule has 0 radical (unpaired) electrons. The van der Waals surface area contributed by atoms with Crippen molar-refractivity contribution in [3.63, 3.8) is 0 Å². The number of aryl methyl sites for hydroxylation is 3. The summed E-state index contributed by atoms with van der Waals surface area (Å²) in [5.74, 6) is 1.58. The Labute approximate surface area is 117 Å². The average molecular weight is 275 g/mol. The summed E-state index contributed by atoms with van der Waals surface area (Å²) in [6.45, 7) is 7.81. The van der Waals surface area contributed by atoms with Crippen molar-refractivity contribution in [2.75, 3.05) is 12.4 Å². The van der Waals surface area contributed by atoms with Crippen LogP contribution in [0.25, 0.3) is 0 Å². The molecule has 1 N–H and O–H groups in total. The van der Waals surface area contributed by atoms with Gasteiger partial charge in [0.25, 0.3) is 0 Å². The van der Waals surface area contributed by atoms with Crippen molar-refractivity contribution in [3.8, 4) is 0 Å². The predicted octanol–water partition coefficient (Wildman–Crippen LogP) is 2.69. The zero-order chi connectivity index (χ0) is 14.0. The molecule has 0 spiro atoms. The summed E-state index contributed by atoms with van der Waals surface area (Å²) in [4.78, 5) is 17.7. The third kappa shape index (κ3) is 3.20. The molecule has 0 aliphatic heterocycles. The first-order chi connectivity index (χ1) is 8.99. The van der Waals surface area contributed by atoms with E-state index < -0.39 is 0 Å². The van der Waals surface area contributed by atoms with E-state index >= 15 is 0 Å². The fourth-order valence-electron chi connectivity index (χ4n) is 1.77. The molecule has 2 aromatic rings. The number of anilines is 1. The van der Waals surface area contributed by atoms with Crippen LogP contribution in [0, 0.1) is 27.7 Å². The average Bonchev–Trinajstić information content (AvgIpc) is 2.32. The number of rotatable bonds is 3. The number of hydrogen-bond acceptors (Lipinski definition) is 6. The van der Waals surface area contributed by atoms with Crippen molar-refractivity contribution in [3.05, 3.63) is 28.8 Å². The first-order valence-electron chi connectivity index (χ1n) is 6.02. The lowest BCUT2D eigenvalue weighted by Crippen LogP contribution is -2.02. The number of nitrogens with one attached hydrogen (secondary N) is 1. The van der Waals surface area contributed by atoms with E-state index in [0.29, 0.717) is 0 Å². The van der Waals surface area contributed by atoms with Crippen molar-refractivity contribution < 1.29 is 0 Å². The SMILES string of the molecule is CNc1nc(C)nc(Sc2nc(C)cc(C)n2)c1C. The van der Waals surface area contributed by atoms with Crippen LogP contribution in [0.3, 0.4) is 0 Å². The Morgan fingerprint density at radius 2 is 1.58 bits per heavy atom. The van der Waals surface area contributed by atoms with Crippen LogP contribution in [-0.2, 0) is 0 Å². The molecule has 19 heavy (non-hydrogen) atoms.